The normalized spacial score (nSPS) is 13.8. The molecular formula is C22H17Cl5N2O5. The van der Waals surface area contributed by atoms with Crippen LogP contribution in [0.4, 0.5) is 5.69 Å². The predicted octanol–water partition coefficient (Wildman–Crippen LogP) is 6.15. The van der Waals surface area contributed by atoms with Crippen LogP contribution in [0.2, 0.25) is 25.1 Å². The van der Waals surface area contributed by atoms with Gasteiger partial charge in [0.15, 0.2) is 6.61 Å². The Labute approximate surface area is 220 Å². The number of nitrogens with zero attached hydrogens (tertiary/aromatic N) is 1. The Morgan fingerprint density at radius 1 is 0.912 bits per heavy atom. The molecule has 1 aliphatic rings. The molecule has 1 aliphatic heterocycles. The molecule has 0 aliphatic carbocycles. The second-order valence-corrected chi connectivity index (χ2v) is 9.69. The fourth-order valence-corrected chi connectivity index (χ4v) is 4.58. The number of rotatable bonds is 7. The van der Waals surface area contributed by atoms with Crippen molar-refractivity contribution in [1.82, 2.24) is 4.90 Å². The minimum atomic E-state index is -1.34. The molecule has 3 amide bonds. The highest BCUT2D eigenvalue weighted by Crippen LogP contribution is 2.45. The van der Waals surface area contributed by atoms with Gasteiger partial charge in [-0.3, -0.25) is 19.3 Å². The van der Waals surface area contributed by atoms with Gasteiger partial charge in [-0.2, -0.15) is 0 Å². The van der Waals surface area contributed by atoms with Crippen molar-refractivity contribution >= 4 is 87.4 Å². The number of amides is 3. The minimum absolute atomic E-state index is 0.0626. The molecule has 0 radical (unpaired) electrons. The van der Waals surface area contributed by atoms with Gasteiger partial charge in [0.2, 0.25) is 0 Å². The Kier molecular flexibility index (Phi) is 8.37. The molecular weight excluding hydrogens is 550 g/mol. The number of para-hydroxylation sites is 1. The van der Waals surface area contributed by atoms with E-state index in [1.165, 1.54) is 0 Å². The zero-order valence-corrected chi connectivity index (χ0v) is 21.5. The lowest BCUT2D eigenvalue weighted by atomic mass is 10.0. The summed E-state index contributed by atoms with van der Waals surface area (Å²) in [6.07, 6.45) is 0.0626. The van der Waals surface area contributed by atoms with E-state index in [9.17, 15) is 19.2 Å². The number of halogens is 5. The first kappa shape index (κ1) is 26.6. The number of nitrogens with one attached hydrogen (secondary N) is 1. The quantitative estimate of drug-likeness (QED) is 0.188. The minimum Gasteiger partial charge on any atom is -0.454 e. The maximum absolute atomic E-state index is 13.1. The molecule has 0 saturated heterocycles. The molecule has 1 unspecified atom stereocenters. The first-order chi connectivity index (χ1) is 16.0. The van der Waals surface area contributed by atoms with E-state index in [2.05, 4.69) is 5.32 Å². The lowest BCUT2D eigenvalue weighted by Crippen LogP contribution is -2.47. The van der Waals surface area contributed by atoms with Crippen LogP contribution in [0.25, 0.3) is 0 Å². The average Bonchev–Trinajstić information content (AvgIpc) is 3.04. The van der Waals surface area contributed by atoms with E-state index in [-0.39, 0.29) is 43.6 Å². The number of ether oxygens (including phenoxy) is 1. The van der Waals surface area contributed by atoms with Crippen molar-refractivity contribution in [3.63, 3.8) is 0 Å². The fourth-order valence-electron chi connectivity index (χ4n) is 3.38. The highest BCUT2D eigenvalue weighted by Gasteiger charge is 2.47. The summed E-state index contributed by atoms with van der Waals surface area (Å²) < 4.78 is 5.14. The van der Waals surface area contributed by atoms with Crippen molar-refractivity contribution in [3.8, 4) is 0 Å². The van der Waals surface area contributed by atoms with E-state index < -0.39 is 36.3 Å². The molecule has 3 rings (SSSR count). The largest absolute Gasteiger partial charge is 0.454 e. The van der Waals surface area contributed by atoms with Crippen molar-refractivity contribution in [2.45, 2.75) is 26.3 Å². The van der Waals surface area contributed by atoms with Crippen LogP contribution in [0.15, 0.2) is 24.3 Å². The van der Waals surface area contributed by atoms with Crippen molar-refractivity contribution in [1.29, 1.82) is 0 Å². The smallest absolute Gasteiger partial charge is 0.329 e. The Hall–Kier alpha value is -2.03. The van der Waals surface area contributed by atoms with Crippen molar-refractivity contribution in [2.75, 3.05) is 11.9 Å². The molecule has 0 spiro atoms. The van der Waals surface area contributed by atoms with Gasteiger partial charge in [0.25, 0.3) is 17.7 Å². The number of imide groups is 1. The van der Waals surface area contributed by atoms with Crippen LogP contribution in [0.5, 0.6) is 0 Å². The first-order valence-electron chi connectivity index (χ1n) is 9.90. The monoisotopic (exact) mass is 564 g/mol. The number of hydrogen-bond donors (Lipinski definition) is 1. The van der Waals surface area contributed by atoms with Crippen LogP contribution in [0, 0.1) is 5.92 Å². The molecule has 1 heterocycles. The van der Waals surface area contributed by atoms with Gasteiger partial charge in [0.1, 0.15) is 6.04 Å². The predicted molar refractivity (Wildman–Crippen MR) is 131 cm³/mol. The highest BCUT2D eigenvalue weighted by atomic mass is 35.5. The maximum atomic E-state index is 13.1. The van der Waals surface area contributed by atoms with E-state index in [1.807, 2.05) is 0 Å². The third kappa shape index (κ3) is 5.14. The number of benzene rings is 2. The maximum Gasteiger partial charge on any atom is 0.329 e. The van der Waals surface area contributed by atoms with Crippen molar-refractivity contribution in [3.05, 3.63) is 60.5 Å². The summed E-state index contributed by atoms with van der Waals surface area (Å²) in [4.78, 5) is 52.2. The van der Waals surface area contributed by atoms with Gasteiger partial charge in [-0.25, -0.2) is 4.79 Å². The summed E-state index contributed by atoms with van der Waals surface area (Å²) >= 11 is 30.4. The molecule has 12 heteroatoms. The topological polar surface area (TPSA) is 92.8 Å². The lowest BCUT2D eigenvalue weighted by Gasteiger charge is -2.26. The second kappa shape index (κ2) is 10.7. The lowest BCUT2D eigenvalue weighted by molar-refractivity contribution is -0.151. The highest BCUT2D eigenvalue weighted by molar-refractivity contribution is 6.55. The van der Waals surface area contributed by atoms with Gasteiger partial charge in [-0.15, -0.1) is 0 Å². The molecule has 1 N–H and O–H groups in total. The fraction of sp³-hybridized carbons (Fsp3) is 0.273. The number of carbonyl (C=O) groups excluding carboxylic acids is 4. The van der Waals surface area contributed by atoms with E-state index in [4.69, 9.17) is 62.7 Å². The third-order valence-electron chi connectivity index (χ3n) is 4.90. The number of anilines is 1. The number of hydrogen-bond acceptors (Lipinski definition) is 5. The molecule has 1 atom stereocenters. The molecule has 0 aromatic heterocycles. The molecule has 34 heavy (non-hydrogen) atoms. The summed E-state index contributed by atoms with van der Waals surface area (Å²) in [5, 5.41) is 1.95. The van der Waals surface area contributed by atoms with Gasteiger partial charge in [-0.1, -0.05) is 84.0 Å². The SMILES string of the molecule is CC(C)CC(C(=O)OCC(=O)Nc1ccccc1Cl)N1C(=O)c2c(Cl)c(Cl)c(Cl)c(Cl)c2C1=O. The summed E-state index contributed by atoms with van der Waals surface area (Å²) in [6.45, 7) is 2.91. The Morgan fingerprint density at radius 3 is 1.94 bits per heavy atom. The van der Waals surface area contributed by atoms with Gasteiger partial charge in [-0.05, 0) is 24.5 Å². The molecule has 0 fully saturated rings. The van der Waals surface area contributed by atoms with E-state index >= 15 is 0 Å². The van der Waals surface area contributed by atoms with Crippen LogP contribution >= 0.6 is 58.0 Å². The number of fused-ring (bicyclic) bond motifs is 1. The van der Waals surface area contributed by atoms with Crippen LogP contribution < -0.4 is 5.32 Å². The molecule has 0 bridgehead atoms. The first-order valence-corrected chi connectivity index (χ1v) is 11.8. The van der Waals surface area contributed by atoms with Crippen LogP contribution in [0.3, 0.4) is 0 Å². The molecule has 2 aromatic carbocycles. The van der Waals surface area contributed by atoms with Gasteiger partial charge in [0.05, 0.1) is 41.9 Å². The molecule has 0 saturated carbocycles. The Balaban J connectivity index is 1.83. The molecule has 7 nitrogen and oxygen atoms in total. The third-order valence-corrected chi connectivity index (χ3v) is 7.04. The average molecular weight is 567 g/mol. The van der Waals surface area contributed by atoms with E-state index in [0.29, 0.717) is 15.6 Å². The van der Waals surface area contributed by atoms with Crippen molar-refractivity contribution < 1.29 is 23.9 Å². The number of esters is 1. The number of carbonyl (C=O) groups is 4. The standard InChI is InChI=1S/C22H17Cl5N2O5/c1-9(2)7-12(22(33)34-8-13(30)28-11-6-4-3-5-10(11)23)29-20(31)14-15(21(29)32)17(25)19(27)18(26)16(14)24/h3-6,9,12H,7-8H2,1-2H3,(H,28,30). The summed E-state index contributed by atoms with van der Waals surface area (Å²) in [5.74, 6) is -3.47. The van der Waals surface area contributed by atoms with E-state index in [0.717, 1.165) is 0 Å². The second-order valence-electron chi connectivity index (χ2n) is 7.77. The summed E-state index contributed by atoms with van der Waals surface area (Å²) in [6, 6.07) is 5.18. The zero-order chi connectivity index (χ0) is 25.3. The van der Waals surface area contributed by atoms with Gasteiger partial charge < -0.3 is 10.1 Å². The van der Waals surface area contributed by atoms with Crippen LogP contribution in [-0.4, -0.2) is 41.2 Å². The molecule has 180 valence electrons. The van der Waals surface area contributed by atoms with Gasteiger partial charge in [0, 0.05) is 0 Å². The zero-order valence-electron chi connectivity index (χ0n) is 17.8. The Morgan fingerprint density at radius 2 is 1.44 bits per heavy atom. The Bertz CT molecular complexity index is 1150. The van der Waals surface area contributed by atoms with Crippen molar-refractivity contribution in [2.24, 2.45) is 5.92 Å². The summed E-state index contributed by atoms with van der Waals surface area (Å²) in [7, 11) is 0. The molecule has 2 aromatic rings. The van der Waals surface area contributed by atoms with E-state index in [1.54, 1.807) is 38.1 Å². The van der Waals surface area contributed by atoms with Crippen LogP contribution in [-0.2, 0) is 14.3 Å². The van der Waals surface area contributed by atoms with Crippen LogP contribution in [0.1, 0.15) is 41.0 Å². The summed E-state index contributed by atoms with van der Waals surface area (Å²) in [5.41, 5.74) is -0.157. The van der Waals surface area contributed by atoms with Gasteiger partial charge >= 0.3 is 5.97 Å².